The van der Waals surface area contributed by atoms with Crippen LogP contribution in [0.2, 0.25) is 0 Å². The van der Waals surface area contributed by atoms with Crippen LogP contribution in [0.3, 0.4) is 0 Å². The molecule has 0 aliphatic carbocycles. The van der Waals surface area contributed by atoms with Gasteiger partial charge in [0, 0.05) is 20.1 Å². The summed E-state index contributed by atoms with van der Waals surface area (Å²) >= 11 is 0. The van der Waals surface area contributed by atoms with Crippen LogP contribution in [0.4, 0.5) is 0 Å². The van der Waals surface area contributed by atoms with E-state index in [1.54, 1.807) is 7.05 Å². The van der Waals surface area contributed by atoms with Gasteiger partial charge in [0.05, 0.1) is 6.04 Å². The Kier molecular flexibility index (Phi) is 6.63. The molecule has 23 heavy (non-hydrogen) atoms. The maximum absolute atomic E-state index is 4.30. The van der Waals surface area contributed by atoms with Gasteiger partial charge in [-0.3, -0.25) is 4.99 Å². The van der Waals surface area contributed by atoms with Crippen molar-refractivity contribution in [2.45, 2.75) is 12.6 Å². The Balaban J connectivity index is 1.91. The molecule has 2 N–H and O–H groups in total. The molecule has 1 unspecified atom stereocenters. The molecule has 0 fully saturated rings. The van der Waals surface area contributed by atoms with E-state index < -0.39 is 0 Å². The quantitative estimate of drug-likeness (QED) is 0.636. The lowest BCUT2D eigenvalue weighted by Crippen LogP contribution is -2.41. The second-order valence-electron chi connectivity index (χ2n) is 5.68. The van der Waals surface area contributed by atoms with Crippen molar-refractivity contribution in [3.8, 4) is 0 Å². The first-order valence-corrected chi connectivity index (χ1v) is 7.90. The molecular weight excluding hydrogens is 284 g/mol. The van der Waals surface area contributed by atoms with Gasteiger partial charge in [0.2, 0.25) is 0 Å². The third-order valence-corrected chi connectivity index (χ3v) is 3.80. The van der Waals surface area contributed by atoms with Gasteiger partial charge >= 0.3 is 0 Å². The average Bonchev–Trinajstić information content (AvgIpc) is 2.59. The highest BCUT2D eigenvalue weighted by Crippen LogP contribution is 2.16. The second-order valence-corrected chi connectivity index (χ2v) is 5.68. The Hall–Kier alpha value is -2.33. The molecular formula is C19H26N4. The van der Waals surface area contributed by atoms with Crippen molar-refractivity contribution < 1.29 is 0 Å². The van der Waals surface area contributed by atoms with Crippen LogP contribution in [0.25, 0.3) is 0 Å². The summed E-state index contributed by atoms with van der Waals surface area (Å²) in [7, 11) is 5.99. The average molecular weight is 310 g/mol. The van der Waals surface area contributed by atoms with Crippen LogP contribution in [0, 0.1) is 0 Å². The molecule has 4 nitrogen and oxygen atoms in total. The highest BCUT2D eigenvalue weighted by molar-refractivity contribution is 5.79. The maximum Gasteiger partial charge on any atom is 0.191 e. The Bertz CT molecular complexity index is 593. The molecule has 0 aromatic heterocycles. The summed E-state index contributed by atoms with van der Waals surface area (Å²) in [6.07, 6.45) is 0. The van der Waals surface area contributed by atoms with Gasteiger partial charge < -0.3 is 15.5 Å². The molecule has 0 saturated carbocycles. The predicted octanol–water partition coefficient (Wildman–Crippen LogP) is 2.65. The summed E-state index contributed by atoms with van der Waals surface area (Å²) in [5.41, 5.74) is 2.53. The topological polar surface area (TPSA) is 39.7 Å². The van der Waals surface area contributed by atoms with Crippen molar-refractivity contribution in [3.63, 3.8) is 0 Å². The van der Waals surface area contributed by atoms with E-state index in [0.717, 1.165) is 19.0 Å². The number of hydrogen-bond donors (Lipinski definition) is 2. The number of rotatable bonds is 6. The van der Waals surface area contributed by atoms with Crippen LogP contribution in [-0.4, -0.2) is 38.5 Å². The van der Waals surface area contributed by atoms with Crippen molar-refractivity contribution in [1.29, 1.82) is 0 Å². The zero-order valence-electron chi connectivity index (χ0n) is 14.2. The maximum atomic E-state index is 4.30. The van der Waals surface area contributed by atoms with Crippen LogP contribution in [0.1, 0.15) is 17.2 Å². The molecule has 0 amide bonds. The van der Waals surface area contributed by atoms with Gasteiger partial charge in [-0.25, -0.2) is 0 Å². The van der Waals surface area contributed by atoms with E-state index in [1.807, 2.05) is 24.3 Å². The molecule has 0 bridgehead atoms. The first-order chi connectivity index (χ1) is 11.2. The molecule has 4 heteroatoms. The van der Waals surface area contributed by atoms with Crippen LogP contribution in [-0.2, 0) is 6.54 Å². The van der Waals surface area contributed by atoms with Gasteiger partial charge in [-0.1, -0.05) is 60.7 Å². The van der Waals surface area contributed by atoms with E-state index >= 15 is 0 Å². The molecule has 2 rings (SSSR count). The number of nitrogens with one attached hydrogen (secondary N) is 2. The fourth-order valence-corrected chi connectivity index (χ4v) is 2.47. The minimum atomic E-state index is 0.298. The third-order valence-electron chi connectivity index (χ3n) is 3.80. The third kappa shape index (κ3) is 5.42. The molecule has 0 radical (unpaired) electrons. The number of aliphatic imine (C=N–C) groups is 1. The zero-order chi connectivity index (χ0) is 16.5. The molecule has 1 atom stereocenters. The highest BCUT2D eigenvalue weighted by Gasteiger charge is 2.14. The molecule has 2 aromatic carbocycles. The van der Waals surface area contributed by atoms with Crippen molar-refractivity contribution in [3.05, 3.63) is 71.8 Å². The van der Waals surface area contributed by atoms with E-state index in [1.165, 1.54) is 11.1 Å². The minimum Gasteiger partial charge on any atom is -0.354 e. The lowest BCUT2D eigenvalue weighted by Gasteiger charge is -2.26. The standard InChI is InChI=1S/C19H26N4/c1-20-19(21-14-16-10-6-4-7-11-16)22-15-18(23(2)3)17-12-8-5-9-13-17/h4-13,18H,14-15H2,1-3H3,(H2,20,21,22). The smallest absolute Gasteiger partial charge is 0.191 e. The Morgan fingerprint density at radius 2 is 1.57 bits per heavy atom. The van der Waals surface area contributed by atoms with Gasteiger partial charge in [0.15, 0.2) is 5.96 Å². The number of nitrogens with zero attached hydrogens (tertiary/aromatic N) is 2. The van der Waals surface area contributed by atoms with Crippen LogP contribution >= 0.6 is 0 Å². The largest absolute Gasteiger partial charge is 0.354 e. The zero-order valence-corrected chi connectivity index (χ0v) is 14.2. The number of hydrogen-bond acceptors (Lipinski definition) is 2. The fourth-order valence-electron chi connectivity index (χ4n) is 2.47. The summed E-state index contributed by atoms with van der Waals surface area (Å²) < 4.78 is 0. The Morgan fingerprint density at radius 3 is 2.13 bits per heavy atom. The van der Waals surface area contributed by atoms with Crippen molar-refractivity contribution in [1.82, 2.24) is 15.5 Å². The fraction of sp³-hybridized carbons (Fsp3) is 0.316. The van der Waals surface area contributed by atoms with Crippen LogP contribution < -0.4 is 10.6 Å². The Morgan fingerprint density at radius 1 is 0.957 bits per heavy atom. The number of guanidine groups is 1. The SMILES string of the molecule is CN=C(NCc1ccccc1)NCC(c1ccccc1)N(C)C. The first kappa shape index (κ1) is 17.0. The molecule has 0 aliphatic rings. The van der Waals surface area contributed by atoms with E-state index in [2.05, 4.69) is 71.0 Å². The van der Waals surface area contributed by atoms with E-state index in [9.17, 15) is 0 Å². The summed E-state index contributed by atoms with van der Waals surface area (Å²) in [6.45, 7) is 1.56. The summed E-state index contributed by atoms with van der Waals surface area (Å²) in [5.74, 6) is 0.816. The molecule has 0 spiro atoms. The van der Waals surface area contributed by atoms with Gasteiger partial charge in [0.1, 0.15) is 0 Å². The minimum absolute atomic E-state index is 0.298. The molecule has 2 aromatic rings. The van der Waals surface area contributed by atoms with Gasteiger partial charge in [0.25, 0.3) is 0 Å². The van der Waals surface area contributed by atoms with Crippen LogP contribution in [0.5, 0.6) is 0 Å². The molecule has 0 saturated heterocycles. The normalized spacial score (nSPS) is 13.0. The van der Waals surface area contributed by atoms with Crippen LogP contribution in [0.15, 0.2) is 65.7 Å². The van der Waals surface area contributed by atoms with E-state index in [4.69, 9.17) is 0 Å². The molecule has 122 valence electrons. The predicted molar refractivity (Wildman–Crippen MR) is 97.5 cm³/mol. The summed E-state index contributed by atoms with van der Waals surface area (Å²) in [4.78, 5) is 6.52. The first-order valence-electron chi connectivity index (χ1n) is 7.90. The number of benzene rings is 2. The van der Waals surface area contributed by atoms with Gasteiger partial charge in [-0.05, 0) is 25.2 Å². The van der Waals surface area contributed by atoms with Crippen molar-refractivity contribution >= 4 is 5.96 Å². The highest BCUT2D eigenvalue weighted by atomic mass is 15.2. The monoisotopic (exact) mass is 310 g/mol. The van der Waals surface area contributed by atoms with Gasteiger partial charge in [-0.15, -0.1) is 0 Å². The summed E-state index contributed by atoms with van der Waals surface area (Å²) in [6, 6.07) is 21.1. The van der Waals surface area contributed by atoms with Crippen molar-refractivity contribution in [2.75, 3.05) is 27.7 Å². The Labute approximate surface area is 139 Å². The lowest BCUT2D eigenvalue weighted by molar-refractivity contribution is 0.298. The van der Waals surface area contributed by atoms with Gasteiger partial charge in [-0.2, -0.15) is 0 Å². The molecule has 0 heterocycles. The van der Waals surface area contributed by atoms with Crippen molar-refractivity contribution in [2.24, 2.45) is 4.99 Å². The molecule has 0 aliphatic heterocycles. The summed E-state index contributed by atoms with van der Waals surface area (Å²) in [5, 5.41) is 6.77. The van der Waals surface area contributed by atoms with E-state index in [0.29, 0.717) is 6.04 Å². The van der Waals surface area contributed by atoms with E-state index in [-0.39, 0.29) is 0 Å². The lowest BCUT2D eigenvalue weighted by atomic mass is 10.1. The number of likely N-dealkylation sites (N-methyl/N-ethyl adjacent to an activating group) is 1. The second kappa shape index (κ2) is 8.96.